The van der Waals surface area contributed by atoms with Gasteiger partial charge in [0.05, 0.1) is 26.3 Å². The lowest BCUT2D eigenvalue weighted by molar-refractivity contribution is 0.297. The summed E-state index contributed by atoms with van der Waals surface area (Å²) in [5.74, 6) is 2.89. The van der Waals surface area contributed by atoms with E-state index in [2.05, 4.69) is 62.1 Å². The Bertz CT molecular complexity index is 1440. The van der Waals surface area contributed by atoms with E-state index < -0.39 is 0 Å². The van der Waals surface area contributed by atoms with Crippen molar-refractivity contribution >= 4 is 16.7 Å². The van der Waals surface area contributed by atoms with Gasteiger partial charge in [-0.3, -0.25) is 0 Å². The van der Waals surface area contributed by atoms with E-state index in [4.69, 9.17) is 24.2 Å². The maximum atomic E-state index is 6.13. The Balaban J connectivity index is 1.45. The molecule has 0 unspecified atom stereocenters. The van der Waals surface area contributed by atoms with Gasteiger partial charge in [0.1, 0.15) is 5.82 Å². The van der Waals surface area contributed by atoms with Crippen molar-refractivity contribution in [3.8, 4) is 28.6 Å². The average molecular weight is 526 g/mol. The molecular weight excluding hydrogens is 486 g/mol. The zero-order chi connectivity index (χ0) is 27.4. The molecule has 39 heavy (non-hydrogen) atoms. The molecule has 0 bridgehead atoms. The molecule has 6 nitrogen and oxygen atoms in total. The second-order valence-electron chi connectivity index (χ2n) is 10.7. The van der Waals surface area contributed by atoms with Gasteiger partial charge in [-0.25, -0.2) is 0 Å². The van der Waals surface area contributed by atoms with Crippen molar-refractivity contribution < 1.29 is 14.2 Å². The van der Waals surface area contributed by atoms with Gasteiger partial charge in [0, 0.05) is 24.9 Å². The Morgan fingerprint density at radius 3 is 2.36 bits per heavy atom. The summed E-state index contributed by atoms with van der Waals surface area (Å²) in [5, 5.41) is 1.08. The van der Waals surface area contributed by atoms with Gasteiger partial charge < -0.3 is 19.1 Å². The van der Waals surface area contributed by atoms with Crippen LogP contribution >= 0.6 is 0 Å². The molecule has 2 heterocycles. The zero-order valence-corrected chi connectivity index (χ0v) is 23.8. The highest BCUT2D eigenvalue weighted by atomic mass is 16.5. The van der Waals surface area contributed by atoms with E-state index in [0.29, 0.717) is 30.7 Å². The van der Waals surface area contributed by atoms with E-state index in [9.17, 15) is 0 Å². The summed E-state index contributed by atoms with van der Waals surface area (Å²) in [6, 6.07) is 19.8. The van der Waals surface area contributed by atoms with Crippen LogP contribution < -0.4 is 19.1 Å². The minimum atomic E-state index is 0.425. The Kier molecular flexibility index (Phi) is 8.20. The molecule has 0 atom stereocenters. The van der Waals surface area contributed by atoms with Gasteiger partial charge in [0.2, 0.25) is 0 Å². The van der Waals surface area contributed by atoms with E-state index in [-0.39, 0.29) is 0 Å². The van der Waals surface area contributed by atoms with Crippen molar-refractivity contribution in [1.29, 1.82) is 0 Å². The second kappa shape index (κ2) is 11.9. The number of nitrogens with zero attached hydrogens (tertiary/aromatic N) is 3. The van der Waals surface area contributed by atoms with Crippen LogP contribution in [0, 0.1) is 6.92 Å². The Hall–Kier alpha value is -3.80. The minimum absolute atomic E-state index is 0.425. The smallest absolute Gasteiger partial charge is 0.318 e. The highest BCUT2D eigenvalue weighted by Crippen LogP contribution is 2.34. The normalized spacial score (nSPS) is 13.6. The van der Waals surface area contributed by atoms with Crippen LogP contribution in [-0.4, -0.2) is 43.9 Å². The molecule has 0 N–H and O–H groups in total. The van der Waals surface area contributed by atoms with Crippen LogP contribution in [0.3, 0.4) is 0 Å². The molecule has 0 aliphatic carbocycles. The number of fused-ring (bicyclic) bond motifs is 1. The van der Waals surface area contributed by atoms with Crippen LogP contribution in [0.5, 0.6) is 17.5 Å². The van der Waals surface area contributed by atoms with Gasteiger partial charge in [-0.1, -0.05) is 49.7 Å². The molecule has 1 aliphatic rings. The molecule has 1 aliphatic heterocycles. The molecular formula is C33H39N3O3. The maximum absolute atomic E-state index is 6.13. The first-order chi connectivity index (χ1) is 18.9. The molecule has 0 spiro atoms. The number of hydrogen-bond donors (Lipinski definition) is 0. The summed E-state index contributed by atoms with van der Waals surface area (Å²) >= 11 is 0. The van der Waals surface area contributed by atoms with Crippen molar-refractivity contribution in [2.45, 2.75) is 52.4 Å². The van der Waals surface area contributed by atoms with Gasteiger partial charge in [-0.05, 0) is 78.6 Å². The van der Waals surface area contributed by atoms with E-state index >= 15 is 0 Å². The molecule has 0 amide bonds. The van der Waals surface area contributed by atoms with Crippen LogP contribution in [0.25, 0.3) is 22.0 Å². The van der Waals surface area contributed by atoms with Crippen molar-refractivity contribution in [2.75, 3.05) is 38.8 Å². The molecule has 6 heteroatoms. The molecule has 1 saturated heterocycles. The Morgan fingerprint density at radius 2 is 1.62 bits per heavy atom. The summed E-state index contributed by atoms with van der Waals surface area (Å²) in [6.45, 7) is 9.14. The first kappa shape index (κ1) is 26.8. The molecule has 1 aromatic heterocycles. The van der Waals surface area contributed by atoms with Gasteiger partial charge in [0.15, 0.2) is 11.5 Å². The lowest BCUT2D eigenvalue weighted by atomic mass is 9.94. The number of methoxy groups -OCH3 is 2. The highest BCUT2D eigenvalue weighted by Gasteiger charge is 2.19. The standard InChI is InChI=1S/C33H39N3O3/c1-22(2)26-17-23(3)18-27(20-26)25-10-11-29-28(21-25)32(36-14-7-6-8-15-36)35-33(34-29)39-16-13-24-9-12-30(37-4)31(19-24)38-5/h9-12,17-22H,6-8,13-16H2,1-5H3. The first-order valence-electron chi connectivity index (χ1n) is 14.0. The van der Waals surface area contributed by atoms with Crippen molar-refractivity contribution in [1.82, 2.24) is 9.97 Å². The Morgan fingerprint density at radius 1 is 0.821 bits per heavy atom. The quantitative estimate of drug-likeness (QED) is 0.228. The second-order valence-corrected chi connectivity index (χ2v) is 10.7. The van der Waals surface area contributed by atoms with Gasteiger partial charge in [0.25, 0.3) is 0 Å². The third-order valence-corrected chi connectivity index (χ3v) is 7.48. The third-order valence-electron chi connectivity index (χ3n) is 7.48. The summed E-state index contributed by atoms with van der Waals surface area (Å²) in [4.78, 5) is 12.2. The maximum Gasteiger partial charge on any atom is 0.318 e. The highest BCUT2D eigenvalue weighted by molar-refractivity contribution is 5.93. The largest absolute Gasteiger partial charge is 0.493 e. The molecule has 204 valence electrons. The number of anilines is 1. The predicted octanol–water partition coefficient (Wildman–Crippen LogP) is 7.36. The fraction of sp³-hybridized carbons (Fsp3) is 0.394. The summed E-state index contributed by atoms with van der Waals surface area (Å²) in [7, 11) is 3.29. The number of hydrogen-bond acceptors (Lipinski definition) is 6. The minimum Gasteiger partial charge on any atom is -0.493 e. The van der Waals surface area contributed by atoms with E-state index in [0.717, 1.165) is 41.1 Å². The SMILES string of the molecule is COc1ccc(CCOc2nc(N3CCCCC3)c3cc(-c4cc(C)cc(C(C)C)c4)ccc3n2)cc1OC. The first-order valence-corrected chi connectivity index (χ1v) is 14.0. The molecule has 0 saturated carbocycles. The van der Waals surface area contributed by atoms with Crippen molar-refractivity contribution in [2.24, 2.45) is 0 Å². The van der Waals surface area contributed by atoms with E-state index in [1.807, 2.05) is 18.2 Å². The van der Waals surface area contributed by atoms with Gasteiger partial charge >= 0.3 is 6.01 Å². The van der Waals surface area contributed by atoms with Gasteiger partial charge in [-0.15, -0.1) is 0 Å². The van der Waals surface area contributed by atoms with Crippen LogP contribution in [-0.2, 0) is 6.42 Å². The fourth-order valence-corrected chi connectivity index (χ4v) is 5.29. The lowest BCUT2D eigenvalue weighted by Crippen LogP contribution is -2.30. The number of rotatable bonds is 9. The monoisotopic (exact) mass is 525 g/mol. The molecule has 5 rings (SSSR count). The number of piperidine rings is 1. The predicted molar refractivity (Wildman–Crippen MR) is 159 cm³/mol. The summed E-state index contributed by atoms with van der Waals surface area (Å²) in [5.41, 5.74) is 7.08. The third kappa shape index (κ3) is 6.11. The van der Waals surface area contributed by atoms with E-state index in [1.54, 1.807) is 14.2 Å². The van der Waals surface area contributed by atoms with Crippen LogP contribution in [0.1, 0.15) is 55.7 Å². The number of aromatic nitrogens is 2. The molecule has 4 aromatic rings. The molecule has 0 radical (unpaired) electrons. The number of ether oxygens (including phenoxy) is 3. The van der Waals surface area contributed by atoms with Crippen LogP contribution in [0.4, 0.5) is 5.82 Å². The van der Waals surface area contributed by atoms with Gasteiger partial charge in [-0.2, -0.15) is 9.97 Å². The van der Waals surface area contributed by atoms with Crippen LogP contribution in [0.2, 0.25) is 0 Å². The summed E-state index contributed by atoms with van der Waals surface area (Å²) < 4.78 is 16.9. The summed E-state index contributed by atoms with van der Waals surface area (Å²) in [6.07, 6.45) is 4.33. The van der Waals surface area contributed by atoms with Crippen LogP contribution in [0.15, 0.2) is 54.6 Å². The molecule has 3 aromatic carbocycles. The topological polar surface area (TPSA) is 56.7 Å². The van der Waals surface area contributed by atoms with Crippen molar-refractivity contribution in [3.63, 3.8) is 0 Å². The fourth-order valence-electron chi connectivity index (χ4n) is 5.29. The Labute approximate surface area is 232 Å². The molecule has 1 fully saturated rings. The number of aryl methyl sites for hydroxylation is 1. The lowest BCUT2D eigenvalue weighted by Gasteiger charge is -2.29. The van der Waals surface area contributed by atoms with E-state index in [1.165, 1.54) is 41.5 Å². The number of benzene rings is 3. The zero-order valence-electron chi connectivity index (χ0n) is 23.8. The van der Waals surface area contributed by atoms with Crippen molar-refractivity contribution in [3.05, 3.63) is 71.3 Å². The average Bonchev–Trinajstić information content (AvgIpc) is 2.96.